The molecule has 0 aromatic heterocycles. The van der Waals surface area contributed by atoms with Crippen molar-refractivity contribution >= 4 is 0 Å². The van der Waals surface area contributed by atoms with E-state index >= 15 is 0 Å². The van der Waals surface area contributed by atoms with Crippen LogP contribution in [0.25, 0.3) is 0 Å². The smallest absolute Gasteiger partial charge is 0.117 e. The Morgan fingerprint density at radius 3 is 2.78 bits per heavy atom. The maximum atomic E-state index is 9.01. The molecule has 54 valence electrons. The monoisotopic (exact) mass is 131 g/mol. The van der Waals surface area contributed by atoms with Crippen LogP contribution < -0.4 is 5.73 Å². The molecule has 0 heterocycles. The van der Waals surface area contributed by atoms with Crippen molar-refractivity contribution in [1.29, 1.82) is 0 Å². The van der Waals surface area contributed by atoms with Crippen molar-refractivity contribution in [3.05, 3.63) is 12.3 Å². The molecule has 0 spiro atoms. The summed E-state index contributed by atoms with van der Waals surface area (Å²) in [6, 6.07) is 0. The van der Waals surface area contributed by atoms with Crippen molar-refractivity contribution in [3.63, 3.8) is 0 Å². The van der Waals surface area contributed by atoms with Crippen LogP contribution in [0.4, 0.5) is 0 Å². The van der Waals surface area contributed by atoms with Crippen molar-refractivity contribution in [2.75, 3.05) is 13.7 Å². The van der Waals surface area contributed by atoms with Gasteiger partial charge in [-0.1, -0.05) is 6.58 Å². The summed E-state index contributed by atoms with van der Waals surface area (Å²) in [5, 5.41) is 9.01. The van der Waals surface area contributed by atoms with Gasteiger partial charge in [-0.2, -0.15) is 0 Å². The van der Waals surface area contributed by atoms with E-state index in [1.165, 1.54) is 7.11 Å². The van der Waals surface area contributed by atoms with E-state index in [0.717, 1.165) is 0 Å². The summed E-state index contributed by atoms with van der Waals surface area (Å²) < 4.78 is 4.66. The van der Waals surface area contributed by atoms with Crippen molar-refractivity contribution in [1.82, 2.24) is 0 Å². The van der Waals surface area contributed by atoms with Crippen LogP contribution in [0.5, 0.6) is 0 Å². The van der Waals surface area contributed by atoms with E-state index in [2.05, 4.69) is 11.3 Å². The molecular weight excluding hydrogens is 118 g/mol. The zero-order valence-electron chi connectivity index (χ0n) is 5.63. The molecule has 3 heteroatoms. The van der Waals surface area contributed by atoms with E-state index in [-0.39, 0.29) is 0 Å². The topological polar surface area (TPSA) is 55.5 Å². The first kappa shape index (κ1) is 8.46. The second-order valence-electron chi connectivity index (χ2n) is 1.76. The average molecular weight is 131 g/mol. The van der Waals surface area contributed by atoms with Gasteiger partial charge in [-0.25, -0.2) is 0 Å². The van der Waals surface area contributed by atoms with Crippen LogP contribution in [0.3, 0.4) is 0 Å². The Kier molecular flexibility index (Phi) is 4.09. The summed E-state index contributed by atoms with van der Waals surface area (Å²) >= 11 is 0. The molecule has 0 amide bonds. The maximum absolute atomic E-state index is 9.01. The van der Waals surface area contributed by atoms with Crippen LogP contribution in [0.1, 0.15) is 6.42 Å². The SMILES string of the molecule is C=C(OC)C(O)CCN. The molecule has 1 unspecified atom stereocenters. The van der Waals surface area contributed by atoms with Crippen molar-refractivity contribution in [3.8, 4) is 0 Å². The molecule has 9 heavy (non-hydrogen) atoms. The Bertz CT molecular complexity index is 93.1. The quantitative estimate of drug-likeness (QED) is 0.522. The van der Waals surface area contributed by atoms with E-state index in [1.54, 1.807) is 0 Å². The molecule has 0 radical (unpaired) electrons. The minimum Gasteiger partial charge on any atom is -0.499 e. The standard InChI is InChI=1S/C6H13NO2/c1-5(9-2)6(8)3-4-7/h6,8H,1,3-4,7H2,2H3. The number of aliphatic hydroxyl groups is 1. The van der Waals surface area contributed by atoms with Crippen LogP contribution in [0.15, 0.2) is 12.3 Å². The van der Waals surface area contributed by atoms with Crippen molar-refractivity contribution in [2.45, 2.75) is 12.5 Å². The minimum atomic E-state index is -0.611. The summed E-state index contributed by atoms with van der Waals surface area (Å²) in [5.41, 5.74) is 5.17. The fourth-order valence-corrected chi connectivity index (χ4v) is 0.455. The minimum absolute atomic E-state index is 0.375. The third-order valence-electron chi connectivity index (χ3n) is 1.07. The summed E-state index contributed by atoms with van der Waals surface area (Å²) in [4.78, 5) is 0. The van der Waals surface area contributed by atoms with E-state index in [1.807, 2.05) is 0 Å². The molecule has 0 aliphatic heterocycles. The van der Waals surface area contributed by atoms with Crippen LogP contribution in [0, 0.1) is 0 Å². The van der Waals surface area contributed by atoms with Crippen molar-refractivity contribution in [2.24, 2.45) is 5.73 Å². The van der Waals surface area contributed by atoms with E-state index in [4.69, 9.17) is 10.8 Å². The fraction of sp³-hybridized carbons (Fsp3) is 0.667. The molecule has 0 fully saturated rings. The molecule has 0 aliphatic rings. The highest BCUT2D eigenvalue weighted by Gasteiger charge is 2.05. The number of rotatable bonds is 4. The first-order chi connectivity index (χ1) is 4.22. The van der Waals surface area contributed by atoms with Gasteiger partial charge < -0.3 is 15.6 Å². The maximum Gasteiger partial charge on any atom is 0.117 e. The van der Waals surface area contributed by atoms with Gasteiger partial charge in [0.15, 0.2) is 0 Å². The highest BCUT2D eigenvalue weighted by Crippen LogP contribution is 2.01. The molecule has 0 rings (SSSR count). The summed E-state index contributed by atoms with van der Waals surface area (Å²) in [6.07, 6.45) is -0.104. The lowest BCUT2D eigenvalue weighted by atomic mass is 10.2. The highest BCUT2D eigenvalue weighted by atomic mass is 16.5. The number of methoxy groups -OCH3 is 1. The van der Waals surface area contributed by atoms with Gasteiger partial charge in [0.2, 0.25) is 0 Å². The van der Waals surface area contributed by atoms with Crippen LogP contribution >= 0.6 is 0 Å². The Morgan fingerprint density at radius 2 is 2.44 bits per heavy atom. The van der Waals surface area contributed by atoms with E-state index < -0.39 is 6.10 Å². The van der Waals surface area contributed by atoms with Gasteiger partial charge in [-0.15, -0.1) is 0 Å². The number of aliphatic hydroxyl groups excluding tert-OH is 1. The third-order valence-corrected chi connectivity index (χ3v) is 1.07. The Balaban J connectivity index is 3.45. The predicted octanol–water partition coefficient (Wildman–Crippen LogP) is -0.144. The highest BCUT2D eigenvalue weighted by molar-refractivity contribution is 4.90. The van der Waals surface area contributed by atoms with Gasteiger partial charge >= 0.3 is 0 Å². The van der Waals surface area contributed by atoms with E-state index in [9.17, 15) is 0 Å². The Hall–Kier alpha value is -0.540. The number of hydrogen-bond donors (Lipinski definition) is 2. The lowest BCUT2D eigenvalue weighted by Gasteiger charge is -2.09. The summed E-state index contributed by atoms with van der Waals surface area (Å²) in [5.74, 6) is 0.375. The number of ether oxygens (including phenoxy) is 1. The summed E-state index contributed by atoms with van der Waals surface area (Å²) in [7, 11) is 1.47. The molecule has 0 aliphatic carbocycles. The van der Waals surface area contributed by atoms with E-state index in [0.29, 0.717) is 18.7 Å². The second kappa shape index (κ2) is 4.35. The largest absolute Gasteiger partial charge is 0.499 e. The lowest BCUT2D eigenvalue weighted by molar-refractivity contribution is 0.124. The molecule has 1 atom stereocenters. The molecule has 0 aromatic carbocycles. The molecule has 0 saturated heterocycles. The van der Waals surface area contributed by atoms with Crippen LogP contribution in [0.2, 0.25) is 0 Å². The molecule has 3 nitrogen and oxygen atoms in total. The first-order valence-corrected chi connectivity index (χ1v) is 2.83. The average Bonchev–Trinajstić information content (AvgIpc) is 1.87. The van der Waals surface area contributed by atoms with Gasteiger partial charge in [0.25, 0.3) is 0 Å². The van der Waals surface area contributed by atoms with Gasteiger partial charge in [0.05, 0.1) is 7.11 Å². The first-order valence-electron chi connectivity index (χ1n) is 2.83. The molecule has 0 bridgehead atoms. The molecule has 0 aromatic rings. The fourth-order valence-electron chi connectivity index (χ4n) is 0.455. The third kappa shape index (κ3) is 3.11. The predicted molar refractivity (Wildman–Crippen MR) is 35.8 cm³/mol. The lowest BCUT2D eigenvalue weighted by Crippen LogP contribution is -2.16. The molecular formula is C6H13NO2. The number of hydrogen-bond acceptors (Lipinski definition) is 3. The molecule has 0 saturated carbocycles. The van der Waals surface area contributed by atoms with Gasteiger partial charge in [0, 0.05) is 0 Å². The van der Waals surface area contributed by atoms with Gasteiger partial charge in [-0.05, 0) is 13.0 Å². The zero-order chi connectivity index (χ0) is 7.28. The van der Waals surface area contributed by atoms with Gasteiger partial charge in [0.1, 0.15) is 11.9 Å². The zero-order valence-corrected chi connectivity index (χ0v) is 5.63. The van der Waals surface area contributed by atoms with Crippen molar-refractivity contribution < 1.29 is 9.84 Å². The molecule has 3 N–H and O–H groups in total. The second-order valence-corrected chi connectivity index (χ2v) is 1.76. The van der Waals surface area contributed by atoms with Crippen LogP contribution in [-0.2, 0) is 4.74 Å². The van der Waals surface area contributed by atoms with Gasteiger partial charge in [-0.3, -0.25) is 0 Å². The Labute approximate surface area is 55.1 Å². The Morgan fingerprint density at radius 1 is 1.89 bits per heavy atom. The van der Waals surface area contributed by atoms with Crippen LogP contribution in [-0.4, -0.2) is 24.9 Å². The normalized spacial score (nSPS) is 12.8. The summed E-state index contributed by atoms with van der Waals surface area (Å²) in [6.45, 7) is 3.91. The number of nitrogens with two attached hydrogens (primary N) is 1.